The summed E-state index contributed by atoms with van der Waals surface area (Å²) >= 11 is 12.5. The highest BCUT2D eigenvalue weighted by molar-refractivity contribution is 6.35. The molecular weight excluding hydrogens is 477 g/mol. The Kier molecular flexibility index (Phi) is 8.23. The smallest absolute Gasteiger partial charge is 0.338 e. The third-order valence-electron chi connectivity index (χ3n) is 4.56. The maximum absolute atomic E-state index is 12.2. The van der Waals surface area contributed by atoms with Gasteiger partial charge in [-0.05, 0) is 24.3 Å². The Labute approximate surface area is 198 Å². The van der Waals surface area contributed by atoms with Gasteiger partial charge in [0.15, 0.2) is 0 Å². The molecule has 0 radical (unpaired) electrons. The van der Waals surface area contributed by atoms with Crippen LogP contribution in [0.5, 0.6) is 0 Å². The number of halogens is 2. The van der Waals surface area contributed by atoms with Gasteiger partial charge in [-0.25, -0.2) is 9.78 Å². The first-order valence-electron chi connectivity index (χ1n) is 9.57. The van der Waals surface area contributed by atoms with Crippen LogP contribution in [0.15, 0.2) is 67.3 Å². The zero-order valence-corrected chi connectivity index (χ0v) is 18.6. The summed E-state index contributed by atoms with van der Waals surface area (Å²) in [5, 5.41) is 14.6. The minimum atomic E-state index is -1.50. The summed E-state index contributed by atoms with van der Waals surface area (Å²) in [4.78, 5) is 24.6. The number of carbonyl (C=O) groups excluding carboxylic acids is 1. The van der Waals surface area contributed by atoms with Crippen LogP contribution in [0.25, 0.3) is 0 Å². The number of hydrogen-bond acceptors (Lipinski definition) is 7. The average Bonchev–Trinajstić information content (AvgIpc) is 3.43. The molecule has 2 aromatic carbocycles. The number of ether oxygens (including phenoxy) is 3. The second-order valence-corrected chi connectivity index (χ2v) is 7.71. The van der Waals surface area contributed by atoms with E-state index in [1.807, 2.05) is 10.6 Å². The molecule has 1 aliphatic heterocycles. The van der Waals surface area contributed by atoms with Crippen molar-refractivity contribution < 1.29 is 29.3 Å². The lowest BCUT2D eigenvalue weighted by atomic mass is 10.1. The molecule has 1 N–H and O–H groups in total. The summed E-state index contributed by atoms with van der Waals surface area (Å²) in [6.45, 7) is 0.637. The molecule has 1 aromatic heterocycles. The zero-order valence-electron chi connectivity index (χ0n) is 17.0. The van der Waals surface area contributed by atoms with Gasteiger partial charge in [-0.2, -0.15) is 0 Å². The van der Waals surface area contributed by atoms with Crippen LogP contribution in [0.3, 0.4) is 0 Å². The summed E-state index contributed by atoms with van der Waals surface area (Å²) in [5.74, 6) is -1.56. The zero-order chi connectivity index (χ0) is 23.8. The Morgan fingerprint density at radius 1 is 1.30 bits per heavy atom. The highest BCUT2D eigenvalue weighted by Crippen LogP contribution is 2.40. The standard InChI is InChI=1S/C21H18Cl2N2O4.HNO3/c22-16-6-7-18(19(23)10-16)21(13-25-9-8-24-14-25)28-12-17(29-21)11-27-20(26)15-4-2-1-3-5-15;2-1(3)4/h1-10,14,17H,11-13H2;(H,2,3,4). The predicted octanol–water partition coefficient (Wildman–Crippen LogP) is 3.97. The molecule has 1 aliphatic rings. The van der Waals surface area contributed by atoms with E-state index in [1.165, 1.54) is 0 Å². The SMILES string of the molecule is O=C(OCC1COC(Cn2ccnc2)(c2ccc(Cl)cc2Cl)O1)c1ccccc1.O=[N+]([O-])O. The molecule has 0 saturated carbocycles. The molecule has 10 nitrogen and oxygen atoms in total. The molecule has 33 heavy (non-hydrogen) atoms. The van der Waals surface area contributed by atoms with Crippen molar-refractivity contribution in [1.82, 2.24) is 9.55 Å². The van der Waals surface area contributed by atoms with Crippen LogP contribution in [-0.2, 0) is 26.5 Å². The summed E-state index contributed by atoms with van der Waals surface area (Å²) in [7, 11) is 0. The second-order valence-electron chi connectivity index (χ2n) is 6.87. The van der Waals surface area contributed by atoms with Gasteiger partial charge in [-0.15, -0.1) is 10.1 Å². The van der Waals surface area contributed by atoms with E-state index < -0.39 is 22.9 Å². The second kappa shape index (κ2) is 11.1. The van der Waals surface area contributed by atoms with Crippen LogP contribution in [-0.4, -0.2) is 45.1 Å². The normalized spacial score (nSPS) is 19.4. The number of rotatable bonds is 6. The average molecular weight is 496 g/mol. The number of hydrogen-bond donors (Lipinski definition) is 1. The lowest BCUT2D eigenvalue weighted by Crippen LogP contribution is -2.34. The fourth-order valence-corrected chi connectivity index (χ4v) is 3.75. The first-order chi connectivity index (χ1) is 15.8. The largest absolute Gasteiger partial charge is 0.459 e. The summed E-state index contributed by atoms with van der Waals surface area (Å²) in [6.07, 6.45) is 4.70. The molecule has 0 bridgehead atoms. The lowest BCUT2D eigenvalue weighted by Gasteiger charge is -2.29. The number of benzene rings is 2. The predicted molar refractivity (Wildman–Crippen MR) is 117 cm³/mol. The van der Waals surface area contributed by atoms with Crippen molar-refractivity contribution in [3.05, 3.63) is 98.5 Å². The van der Waals surface area contributed by atoms with Crippen molar-refractivity contribution in [2.24, 2.45) is 0 Å². The van der Waals surface area contributed by atoms with E-state index in [1.54, 1.807) is 61.2 Å². The van der Waals surface area contributed by atoms with Gasteiger partial charge in [0, 0.05) is 23.0 Å². The molecule has 0 amide bonds. The number of aromatic nitrogens is 2. The molecule has 2 unspecified atom stereocenters. The van der Waals surface area contributed by atoms with E-state index in [0.29, 0.717) is 27.7 Å². The molecular formula is C21H19Cl2N3O7. The molecule has 4 rings (SSSR count). The first kappa shape index (κ1) is 24.5. The number of imidazole rings is 1. The minimum absolute atomic E-state index is 0.0601. The van der Waals surface area contributed by atoms with Gasteiger partial charge in [0.05, 0.1) is 30.1 Å². The van der Waals surface area contributed by atoms with Gasteiger partial charge in [-0.3, -0.25) is 0 Å². The molecule has 1 saturated heterocycles. The van der Waals surface area contributed by atoms with E-state index in [4.69, 9.17) is 52.7 Å². The monoisotopic (exact) mass is 495 g/mol. The summed E-state index contributed by atoms with van der Waals surface area (Å²) in [5.41, 5.74) is 1.13. The van der Waals surface area contributed by atoms with Crippen LogP contribution in [0.2, 0.25) is 10.0 Å². The highest BCUT2D eigenvalue weighted by Gasteiger charge is 2.45. The molecule has 0 aliphatic carbocycles. The molecule has 12 heteroatoms. The highest BCUT2D eigenvalue weighted by atomic mass is 35.5. The minimum Gasteiger partial charge on any atom is -0.459 e. The van der Waals surface area contributed by atoms with Gasteiger partial charge in [0.2, 0.25) is 5.79 Å². The van der Waals surface area contributed by atoms with Crippen LogP contribution < -0.4 is 0 Å². The van der Waals surface area contributed by atoms with Crippen molar-refractivity contribution in [2.45, 2.75) is 18.4 Å². The van der Waals surface area contributed by atoms with Crippen molar-refractivity contribution in [2.75, 3.05) is 13.2 Å². The van der Waals surface area contributed by atoms with Crippen molar-refractivity contribution in [1.29, 1.82) is 0 Å². The van der Waals surface area contributed by atoms with E-state index in [9.17, 15) is 4.79 Å². The Morgan fingerprint density at radius 2 is 2.03 bits per heavy atom. The Bertz CT molecular complexity index is 1080. The lowest BCUT2D eigenvalue weighted by molar-refractivity contribution is -0.742. The van der Waals surface area contributed by atoms with Crippen molar-refractivity contribution >= 4 is 29.2 Å². The van der Waals surface area contributed by atoms with Gasteiger partial charge < -0.3 is 24.0 Å². The Hall–Kier alpha value is -3.18. The molecule has 0 spiro atoms. The quantitative estimate of drug-likeness (QED) is 0.309. The van der Waals surface area contributed by atoms with E-state index in [0.717, 1.165) is 0 Å². The summed E-state index contributed by atoms with van der Waals surface area (Å²) in [6, 6.07) is 14.0. The fourth-order valence-electron chi connectivity index (χ4n) is 3.20. The van der Waals surface area contributed by atoms with Gasteiger partial charge in [-0.1, -0.05) is 47.5 Å². The van der Waals surface area contributed by atoms with Crippen LogP contribution >= 0.6 is 23.2 Å². The summed E-state index contributed by atoms with van der Waals surface area (Å²) < 4.78 is 19.6. The van der Waals surface area contributed by atoms with E-state index >= 15 is 0 Å². The first-order valence-corrected chi connectivity index (χ1v) is 10.3. The maximum Gasteiger partial charge on any atom is 0.338 e. The maximum atomic E-state index is 12.2. The van der Waals surface area contributed by atoms with Crippen LogP contribution in [0, 0.1) is 10.1 Å². The van der Waals surface area contributed by atoms with Gasteiger partial charge >= 0.3 is 5.97 Å². The number of nitrogens with zero attached hydrogens (tertiary/aromatic N) is 3. The van der Waals surface area contributed by atoms with E-state index in [2.05, 4.69) is 4.98 Å². The molecule has 174 valence electrons. The topological polar surface area (TPSA) is 126 Å². The van der Waals surface area contributed by atoms with Gasteiger partial charge in [0.1, 0.15) is 12.7 Å². The molecule has 2 heterocycles. The van der Waals surface area contributed by atoms with E-state index in [-0.39, 0.29) is 13.2 Å². The van der Waals surface area contributed by atoms with Crippen molar-refractivity contribution in [3.63, 3.8) is 0 Å². The van der Waals surface area contributed by atoms with Crippen LogP contribution in [0.4, 0.5) is 0 Å². The molecule has 2 atom stereocenters. The molecule has 1 fully saturated rings. The third-order valence-corrected chi connectivity index (χ3v) is 5.11. The third kappa shape index (κ3) is 6.65. The van der Waals surface area contributed by atoms with Crippen LogP contribution in [0.1, 0.15) is 15.9 Å². The van der Waals surface area contributed by atoms with Gasteiger partial charge in [0.25, 0.3) is 5.09 Å². The number of esters is 1. The fraction of sp³-hybridized carbons (Fsp3) is 0.238. The van der Waals surface area contributed by atoms with Crippen molar-refractivity contribution in [3.8, 4) is 0 Å². The number of carbonyl (C=O) groups is 1. The molecule has 3 aromatic rings. The Morgan fingerprint density at radius 3 is 2.67 bits per heavy atom. The Balaban J connectivity index is 0.000000709.